The highest BCUT2D eigenvalue weighted by Crippen LogP contribution is 2.32. The van der Waals surface area contributed by atoms with Crippen LogP contribution >= 0.6 is 0 Å². The lowest BCUT2D eigenvalue weighted by Gasteiger charge is -2.34. The maximum Gasteiger partial charge on any atom is 0.254 e. The molecule has 1 unspecified atom stereocenters. The molecule has 3 aliphatic rings. The Bertz CT molecular complexity index is 584. The van der Waals surface area contributed by atoms with Crippen LogP contribution in [-0.2, 0) is 9.47 Å². The number of amides is 1. The van der Waals surface area contributed by atoms with Gasteiger partial charge < -0.3 is 23.8 Å². The molecule has 0 aromatic heterocycles. The molecule has 6 nitrogen and oxygen atoms in total. The fourth-order valence-electron chi connectivity index (χ4n) is 3.42. The molecule has 3 heterocycles. The molecule has 0 radical (unpaired) electrons. The van der Waals surface area contributed by atoms with Crippen molar-refractivity contribution in [3.63, 3.8) is 0 Å². The molecule has 1 aromatic rings. The molecule has 6 heteroatoms. The standard InChI is InChI=1S/C17H21NO5/c19-16(12-3-4-14-15(10-12)21-7-6-20-14)18-5-1-2-13(11-18)17-22-8-9-23-17/h3-4,10,13,17H,1-2,5-9,11H2. The van der Waals surface area contributed by atoms with Crippen molar-refractivity contribution in [2.24, 2.45) is 5.92 Å². The van der Waals surface area contributed by atoms with Gasteiger partial charge in [-0.3, -0.25) is 4.79 Å². The Balaban J connectivity index is 1.47. The molecule has 124 valence electrons. The summed E-state index contributed by atoms with van der Waals surface area (Å²) in [5, 5.41) is 0. The summed E-state index contributed by atoms with van der Waals surface area (Å²) >= 11 is 0. The van der Waals surface area contributed by atoms with Crippen molar-refractivity contribution >= 4 is 5.91 Å². The quantitative estimate of drug-likeness (QED) is 0.830. The van der Waals surface area contributed by atoms with Crippen LogP contribution < -0.4 is 9.47 Å². The van der Waals surface area contributed by atoms with Crippen molar-refractivity contribution in [3.8, 4) is 11.5 Å². The molecule has 4 rings (SSSR count). The molecule has 0 bridgehead atoms. The van der Waals surface area contributed by atoms with E-state index in [2.05, 4.69) is 0 Å². The number of carbonyl (C=O) groups excluding carboxylic acids is 1. The van der Waals surface area contributed by atoms with Gasteiger partial charge in [-0.25, -0.2) is 0 Å². The Kier molecular flexibility index (Phi) is 4.10. The smallest absolute Gasteiger partial charge is 0.254 e. The second-order valence-electron chi connectivity index (χ2n) is 6.12. The summed E-state index contributed by atoms with van der Waals surface area (Å²) < 4.78 is 22.3. The van der Waals surface area contributed by atoms with Gasteiger partial charge in [0, 0.05) is 24.6 Å². The van der Waals surface area contributed by atoms with Crippen LogP contribution in [-0.4, -0.2) is 56.6 Å². The Hall–Kier alpha value is -1.79. The highest BCUT2D eigenvalue weighted by Gasteiger charge is 2.33. The summed E-state index contributed by atoms with van der Waals surface area (Å²) in [6, 6.07) is 5.40. The van der Waals surface area contributed by atoms with E-state index < -0.39 is 0 Å². The van der Waals surface area contributed by atoms with E-state index in [0.29, 0.717) is 50.0 Å². The summed E-state index contributed by atoms with van der Waals surface area (Å²) in [4.78, 5) is 14.7. The second kappa shape index (κ2) is 6.37. The number of hydrogen-bond donors (Lipinski definition) is 0. The molecule has 0 aliphatic carbocycles. The van der Waals surface area contributed by atoms with Gasteiger partial charge in [0.2, 0.25) is 0 Å². The van der Waals surface area contributed by atoms with Gasteiger partial charge in [0.25, 0.3) is 5.91 Å². The molecule has 1 aromatic carbocycles. The van der Waals surface area contributed by atoms with Crippen molar-refractivity contribution in [1.82, 2.24) is 4.90 Å². The Morgan fingerprint density at radius 3 is 2.65 bits per heavy atom. The summed E-state index contributed by atoms with van der Waals surface area (Å²) in [6.45, 7) is 3.82. The van der Waals surface area contributed by atoms with Crippen molar-refractivity contribution in [2.75, 3.05) is 39.5 Å². The van der Waals surface area contributed by atoms with E-state index in [9.17, 15) is 4.79 Å². The fourth-order valence-corrected chi connectivity index (χ4v) is 3.42. The van der Waals surface area contributed by atoms with Gasteiger partial charge in [0.1, 0.15) is 13.2 Å². The first-order chi connectivity index (χ1) is 11.3. The van der Waals surface area contributed by atoms with E-state index in [4.69, 9.17) is 18.9 Å². The monoisotopic (exact) mass is 319 g/mol. The van der Waals surface area contributed by atoms with E-state index in [-0.39, 0.29) is 18.1 Å². The summed E-state index contributed by atoms with van der Waals surface area (Å²) in [6.07, 6.45) is 1.85. The van der Waals surface area contributed by atoms with E-state index in [1.807, 2.05) is 17.0 Å². The zero-order valence-corrected chi connectivity index (χ0v) is 13.0. The molecular formula is C17H21NO5. The first kappa shape index (κ1) is 14.8. The van der Waals surface area contributed by atoms with Crippen LogP contribution in [0.25, 0.3) is 0 Å². The molecule has 23 heavy (non-hydrogen) atoms. The van der Waals surface area contributed by atoms with Crippen molar-refractivity contribution in [3.05, 3.63) is 23.8 Å². The maximum atomic E-state index is 12.8. The first-order valence-electron chi connectivity index (χ1n) is 8.23. The average molecular weight is 319 g/mol. The van der Waals surface area contributed by atoms with Gasteiger partial charge in [0.15, 0.2) is 17.8 Å². The molecule has 1 amide bonds. The lowest BCUT2D eigenvalue weighted by atomic mass is 9.96. The topological polar surface area (TPSA) is 57.2 Å². The van der Waals surface area contributed by atoms with Crippen LogP contribution in [0.2, 0.25) is 0 Å². The molecule has 0 N–H and O–H groups in total. The van der Waals surface area contributed by atoms with Crippen LogP contribution in [0, 0.1) is 5.92 Å². The van der Waals surface area contributed by atoms with Crippen molar-refractivity contribution in [2.45, 2.75) is 19.1 Å². The number of benzene rings is 1. The number of hydrogen-bond acceptors (Lipinski definition) is 5. The van der Waals surface area contributed by atoms with Gasteiger partial charge in [-0.1, -0.05) is 0 Å². The molecule has 2 fully saturated rings. The zero-order chi connectivity index (χ0) is 15.6. The third-order valence-corrected chi connectivity index (χ3v) is 4.57. The Morgan fingerprint density at radius 2 is 1.83 bits per heavy atom. The van der Waals surface area contributed by atoms with Crippen LogP contribution in [0.1, 0.15) is 23.2 Å². The number of piperidine rings is 1. The highest BCUT2D eigenvalue weighted by molar-refractivity contribution is 5.95. The lowest BCUT2D eigenvalue weighted by molar-refractivity contribution is -0.0969. The summed E-state index contributed by atoms with van der Waals surface area (Å²) in [5.74, 6) is 1.65. The number of ether oxygens (including phenoxy) is 4. The van der Waals surface area contributed by atoms with Crippen LogP contribution in [0.3, 0.4) is 0 Å². The average Bonchev–Trinajstić information content (AvgIpc) is 3.15. The molecule has 0 spiro atoms. The van der Waals surface area contributed by atoms with Crippen LogP contribution in [0.5, 0.6) is 11.5 Å². The van der Waals surface area contributed by atoms with Gasteiger partial charge >= 0.3 is 0 Å². The number of rotatable bonds is 2. The lowest BCUT2D eigenvalue weighted by Crippen LogP contribution is -2.43. The molecular weight excluding hydrogens is 298 g/mol. The molecule has 2 saturated heterocycles. The van der Waals surface area contributed by atoms with E-state index in [1.54, 1.807) is 6.07 Å². The fraction of sp³-hybridized carbons (Fsp3) is 0.588. The molecule has 3 aliphatic heterocycles. The van der Waals surface area contributed by atoms with E-state index in [1.165, 1.54) is 0 Å². The molecule has 0 saturated carbocycles. The van der Waals surface area contributed by atoms with Crippen LogP contribution in [0.15, 0.2) is 18.2 Å². The Labute approximate surface area is 135 Å². The normalized spacial score (nSPS) is 24.7. The van der Waals surface area contributed by atoms with Gasteiger partial charge in [-0.15, -0.1) is 0 Å². The molecule has 1 atom stereocenters. The van der Waals surface area contributed by atoms with Crippen molar-refractivity contribution < 1.29 is 23.7 Å². The van der Waals surface area contributed by atoms with Gasteiger partial charge in [-0.2, -0.15) is 0 Å². The predicted molar refractivity (Wildman–Crippen MR) is 81.8 cm³/mol. The number of fused-ring (bicyclic) bond motifs is 1. The number of nitrogens with zero attached hydrogens (tertiary/aromatic N) is 1. The SMILES string of the molecule is O=C(c1ccc2c(c1)OCCO2)N1CCCC(C2OCCO2)C1. The van der Waals surface area contributed by atoms with Crippen molar-refractivity contribution in [1.29, 1.82) is 0 Å². The largest absolute Gasteiger partial charge is 0.486 e. The van der Waals surface area contributed by atoms with E-state index in [0.717, 1.165) is 19.4 Å². The van der Waals surface area contributed by atoms with Gasteiger partial charge in [0.05, 0.1) is 13.2 Å². The third-order valence-electron chi connectivity index (χ3n) is 4.57. The number of likely N-dealkylation sites (tertiary alicyclic amines) is 1. The third kappa shape index (κ3) is 3.01. The number of carbonyl (C=O) groups is 1. The van der Waals surface area contributed by atoms with E-state index >= 15 is 0 Å². The van der Waals surface area contributed by atoms with Crippen LogP contribution in [0.4, 0.5) is 0 Å². The highest BCUT2D eigenvalue weighted by atomic mass is 16.7. The zero-order valence-electron chi connectivity index (χ0n) is 13.0. The predicted octanol–water partition coefficient (Wildman–Crippen LogP) is 1.68. The summed E-state index contributed by atoms with van der Waals surface area (Å²) in [5.41, 5.74) is 0.642. The minimum absolute atomic E-state index is 0.0321. The van der Waals surface area contributed by atoms with Gasteiger partial charge in [-0.05, 0) is 31.0 Å². The minimum atomic E-state index is -0.161. The Morgan fingerprint density at radius 1 is 1.04 bits per heavy atom. The summed E-state index contributed by atoms with van der Waals surface area (Å²) in [7, 11) is 0. The minimum Gasteiger partial charge on any atom is -0.486 e. The maximum absolute atomic E-state index is 12.8. The second-order valence-corrected chi connectivity index (χ2v) is 6.12. The first-order valence-corrected chi connectivity index (χ1v) is 8.23.